The maximum Gasteiger partial charge on any atom is 0.255 e. The van der Waals surface area contributed by atoms with Gasteiger partial charge < -0.3 is 15.5 Å². The minimum absolute atomic E-state index is 0.0217. The Morgan fingerprint density at radius 3 is 2.63 bits per heavy atom. The van der Waals surface area contributed by atoms with Crippen LogP contribution in [0.4, 0.5) is 5.82 Å². The number of carbonyl (C=O) groups is 1. The molecule has 104 valence electrons. The number of hydrogen-bond donors (Lipinski definition) is 1. The number of carbonyl (C=O) groups excluding carboxylic acids is 1. The molecule has 6 heteroatoms. The van der Waals surface area contributed by atoms with Crippen LogP contribution in [0, 0.1) is 0 Å². The van der Waals surface area contributed by atoms with E-state index in [2.05, 4.69) is 24.0 Å². The summed E-state index contributed by atoms with van der Waals surface area (Å²) in [4.78, 5) is 20.3. The molecule has 0 aromatic carbocycles. The van der Waals surface area contributed by atoms with Gasteiger partial charge >= 0.3 is 0 Å². The van der Waals surface area contributed by atoms with E-state index >= 15 is 0 Å². The summed E-state index contributed by atoms with van der Waals surface area (Å²) < 4.78 is 0. The number of nitrogens with two attached hydrogens (primary N) is 1. The summed E-state index contributed by atoms with van der Waals surface area (Å²) in [6.07, 6.45) is 3.48. The normalized spacial score (nSPS) is 16.9. The Hall–Kier alpha value is -1.33. The highest BCUT2D eigenvalue weighted by atomic mass is 35.5. The monoisotopic (exact) mass is 282 g/mol. The van der Waals surface area contributed by atoms with E-state index in [1.54, 1.807) is 6.07 Å². The number of amides is 1. The average molecular weight is 283 g/mol. The fourth-order valence-corrected chi connectivity index (χ4v) is 2.50. The molecule has 1 aliphatic heterocycles. The molecule has 19 heavy (non-hydrogen) atoms. The van der Waals surface area contributed by atoms with Crippen molar-refractivity contribution >= 4 is 23.3 Å². The number of nitrogens with zero attached hydrogens (tertiary/aromatic N) is 3. The Bertz CT molecular complexity index is 470. The van der Waals surface area contributed by atoms with Crippen LogP contribution >= 0.6 is 11.6 Å². The molecule has 0 aliphatic carbocycles. The van der Waals surface area contributed by atoms with Crippen LogP contribution in [0.2, 0.25) is 5.02 Å². The van der Waals surface area contributed by atoms with Gasteiger partial charge in [-0.25, -0.2) is 4.98 Å². The van der Waals surface area contributed by atoms with Gasteiger partial charge in [-0.1, -0.05) is 11.6 Å². The molecule has 2 N–H and O–H groups in total. The lowest BCUT2D eigenvalue weighted by atomic mass is 10.0. The van der Waals surface area contributed by atoms with Crippen LogP contribution in [0.1, 0.15) is 23.2 Å². The minimum atomic E-state index is -0.0217. The predicted molar refractivity (Wildman–Crippen MR) is 76.3 cm³/mol. The molecule has 0 unspecified atom stereocenters. The fraction of sp³-hybridized carbons (Fsp3) is 0.538. The molecule has 1 aliphatic rings. The first-order valence-electron chi connectivity index (χ1n) is 6.35. The van der Waals surface area contributed by atoms with Gasteiger partial charge in [0.25, 0.3) is 5.91 Å². The van der Waals surface area contributed by atoms with Gasteiger partial charge in [0.1, 0.15) is 5.82 Å². The van der Waals surface area contributed by atoms with Crippen molar-refractivity contribution < 1.29 is 4.79 Å². The van der Waals surface area contributed by atoms with Gasteiger partial charge in [-0.2, -0.15) is 0 Å². The second-order valence-corrected chi connectivity index (χ2v) is 5.49. The number of aromatic nitrogens is 1. The van der Waals surface area contributed by atoms with E-state index in [9.17, 15) is 4.79 Å². The number of halogens is 1. The lowest BCUT2D eigenvalue weighted by Gasteiger charge is -2.35. The van der Waals surface area contributed by atoms with E-state index in [-0.39, 0.29) is 11.7 Å². The van der Waals surface area contributed by atoms with Gasteiger partial charge in [-0.3, -0.25) is 4.79 Å². The summed E-state index contributed by atoms with van der Waals surface area (Å²) in [5, 5.41) is 0.328. The summed E-state index contributed by atoms with van der Waals surface area (Å²) in [6.45, 7) is 1.54. The van der Waals surface area contributed by atoms with Gasteiger partial charge in [0.2, 0.25) is 0 Å². The summed E-state index contributed by atoms with van der Waals surface area (Å²) in [5.41, 5.74) is 6.05. The second kappa shape index (κ2) is 5.75. The van der Waals surface area contributed by atoms with Crippen LogP contribution < -0.4 is 5.73 Å². The third-order valence-corrected chi connectivity index (χ3v) is 3.90. The van der Waals surface area contributed by atoms with Crippen LogP contribution in [0.3, 0.4) is 0 Å². The van der Waals surface area contributed by atoms with Gasteiger partial charge in [-0.05, 0) is 33.0 Å². The molecule has 1 saturated heterocycles. The lowest BCUT2D eigenvalue weighted by Crippen LogP contribution is -2.44. The van der Waals surface area contributed by atoms with Crippen molar-refractivity contribution in [1.29, 1.82) is 0 Å². The number of piperidine rings is 1. The van der Waals surface area contributed by atoms with Crippen LogP contribution in [-0.2, 0) is 0 Å². The molecule has 1 aromatic rings. The minimum Gasteiger partial charge on any atom is -0.382 e. The van der Waals surface area contributed by atoms with Gasteiger partial charge in [0.15, 0.2) is 0 Å². The fourth-order valence-electron chi connectivity index (χ4n) is 2.33. The highest BCUT2D eigenvalue weighted by Crippen LogP contribution is 2.20. The lowest BCUT2D eigenvalue weighted by molar-refractivity contribution is 0.0663. The summed E-state index contributed by atoms with van der Waals surface area (Å²) >= 11 is 5.90. The van der Waals surface area contributed by atoms with E-state index in [0.717, 1.165) is 25.9 Å². The largest absolute Gasteiger partial charge is 0.382 e. The smallest absolute Gasteiger partial charge is 0.255 e. The van der Waals surface area contributed by atoms with Crippen molar-refractivity contribution in [3.05, 3.63) is 22.8 Å². The Balaban J connectivity index is 2.03. The van der Waals surface area contributed by atoms with Crippen molar-refractivity contribution in [3.8, 4) is 0 Å². The number of anilines is 1. The second-order valence-electron chi connectivity index (χ2n) is 5.08. The highest BCUT2D eigenvalue weighted by molar-refractivity contribution is 6.33. The van der Waals surface area contributed by atoms with E-state index < -0.39 is 0 Å². The number of pyridine rings is 1. The first-order valence-corrected chi connectivity index (χ1v) is 6.73. The Labute approximate surface area is 118 Å². The zero-order valence-electron chi connectivity index (χ0n) is 11.3. The topological polar surface area (TPSA) is 62.5 Å². The van der Waals surface area contributed by atoms with Gasteiger partial charge in [-0.15, -0.1) is 0 Å². The Morgan fingerprint density at radius 1 is 1.47 bits per heavy atom. The molecular weight excluding hydrogens is 264 g/mol. The molecule has 1 aromatic heterocycles. The molecule has 0 spiro atoms. The SMILES string of the molecule is CN(C)C1CCN(C(=O)c2cnc(N)c(Cl)c2)CC1. The molecule has 0 atom stereocenters. The van der Waals surface area contributed by atoms with Crippen molar-refractivity contribution in [1.82, 2.24) is 14.8 Å². The van der Waals surface area contributed by atoms with Crippen molar-refractivity contribution in [3.63, 3.8) is 0 Å². The van der Waals surface area contributed by atoms with E-state index in [4.69, 9.17) is 17.3 Å². The Morgan fingerprint density at radius 2 is 2.11 bits per heavy atom. The predicted octanol–water partition coefficient (Wildman–Crippen LogP) is 1.48. The first-order chi connectivity index (χ1) is 8.99. The van der Waals surface area contributed by atoms with E-state index in [0.29, 0.717) is 16.6 Å². The third kappa shape index (κ3) is 3.16. The zero-order chi connectivity index (χ0) is 14.0. The van der Waals surface area contributed by atoms with E-state index in [1.807, 2.05) is 4.90 Å². The maximum atomic E-state index is 12.3. The molecule has 1 amide bonds. The Kier molecular flexibility index (Phi) is 4.27. The van der Waals surface area contributed by atoms with Gasteiger partial charge in [0.05, 0.1) is 10.6 Å². The zero-order valence-corrected chi connectivity index (χ0v) is 12.0. The molecule has 0 saturated carbocycles. The molecular formula is C13H19ClN4O. The van der Waals surface area contributed by atoms with E-state index in [1.165, 1.54) is 6.20 Å². The molecule has 2 heterocycles. The number of hydrogen-bond acceptors (Lipinski definition) is 4. The third-order valence-electron chi connectivity index (χ3n) is 3.60. The summed E-state index contributed by atoms with van der Waals surface area (Å²) in [7, 11) is 4.15. The average Bonchev–Trinajstić information content (AvgIpc) is 2.41. The molecule has 5 nitrogen and oxygen atoms in total. The maximum absolute atomic E-state index is 12.3. The number of rotatable bonds is 2. The first kappa shape index (κ1) is 14.1. The van der Waals surface area contributed by atoms with Crippen molar-refractivity contribution in [2.24, 2.45) is 0 Å². The molecule has 0 bridgehead atoms. The van der Waals surface area contributed by atoms with Crippen LogP contribution in [0.15, 0.2) is 12.3 Å². The highest BCUT2D eigenvalue weighted by Gasteiger charge is 2.24. The standard InChI is InChI=1S/C13H19ClN4O/c1-17(2)10-3-5-18(6-4-10)13(19)9-7-11(14)12(15)16-8-9/h7-8,10H,3-6H2,1-2H3,(H2,15,16). The van der Waals surface area contributed by atoms with Crippen LogP contribution in [0.5, 0.6) is 0 Å². The summed E-state index contributed by atoms with van der Waals surface area (Å²) in [5.74, 6) is 0.233. The van der Waals surface area contributed by atoms with Crippen LogP contribution in [0.25, 0.3) is 0 Å². The van der Waals surface area contributed by atoms with Gasteiger partial charge in [0, 0.05) is 25.3 Å². The number of nitrogen functional groups attached to an aromatic ring is 1. The van der Waals surface area contributed by atoms with Crippen LogP contribution in [-0.4, -0.2) is 53.9 Å². The quantitative estimate of drug-likeness (QED) is 0.893. The number of likely N-dealkylation sites (tertiary alicyclic amines) is 1. The van der Waals surface area contributed by atoms with Crippen molar-refractivity contribution in [2.75, 3.05) is 32.9 Å². The molecule has 1 fully saturated rings. The summed E-state index contributed by atoms with van der Waals surface area (Å²) in [6, 6.07) is 2.14. The van der Waals surface area contributed by atoms with Crippen molar-refractivity contribution in [2.45, 2.75) is 18.9 Å². The molecule has 2 rings (SSSR count). The molecule has 0 radical (unpaired) electrons.